The molecule has 1 amide bonds. The van der Waals surface area contributed by atoms with Crippen molar-refractivity contribution in [3.63, 3.8) is 0 Å². The Morgan fingerprint density at radius 3 is 3.09 bits per heavy atom. The fourth-order valence-corrected chi connectivity index (χ4v) is 3.82. The van der Waals surface area contributed by atoms with E-state index in [-0.39, 0.29) is 23.1 Å². The van der Waals surface area contributed by atoms with Gasteiger partial charge in [-0.1, -0.05) is 0 Å². The minimum atomic E-state index is -0.459. The van der Waals surface area contributed by atoms with Crippen LogP contribution in [0.25, 0.3) is 4.96 Å². The van der Waals surface area contributed by atoms with E-state index < -0.39 is 6.10 Å². The van der Waals surface area contributed by atoms with Crippen LogP contribution in [0.15, 0.2) is 17.2 Å². The summed E-state index contributed by atoms with van der Waals surface area (Å²) >= 11 is 1.42. The first-order valence-electron chi connectivity index (χ1n) is 7.44. The highest BCUT2D eigenvalue weighted by Crippen LogP contribution is 2.23. The van der Waals surface area contributed by atoms with Crippen LogP contribution >= 0.6 is 11.3 Å². The molecule has 2 unspecified atom stereocenters. The zero-order chi connectivity index (χ0) is 15.9. The zero-order valence-electron chi connectivity index (χ0n) is 12.7. The van der Waals surface area contributed by atoms with Gasteiger partial charge in [0.15, 0.2) is 4.96 Å². The molecule has 1 aliphatic rings. The van der Waals surface area contributed by atoms with Crippen molar-refractivity contribution in [3.05, 3.63) is 33.2 Å². The summed E-state index contributed by atoms with van der Waals surface area (Å²) in [4.78, 5) is 32.7. The van der Waals surface area contributed by atoms with Crippen molar-refractivity contribution < 1.29 is 9.90 Å². The van der Waals surface area contributed by atoms with Gasteiger partial charge in [-0.25, -0.2) is 4.98 Å². The van der Waals surface area contributed by atoms with Crippen LogP contribution in [0, 0.1) is 6.92 Å². The first-order chi connectivity index (χ1) is 10.5. The highest BCUT2D eigenvalue weighted by Gasteiger charge is 2.31. The molecule has 0 spiro atoms. The molecule has 0 aromatic carbocycles. The smallest absolute Gasteiger partial charge is 0.271 e. The minimum Gasteiger partial charge on any atom is -0.393 e. The third-order valence-electron chi connectivity index (χ3n) is 4.00. The van der Waals surface area contributed by atoms with Gasteiger partial charge in [-0.15, -0.1) is 11.3 Å². The Bertz CT molecular complexity index is 765. The summed E-state index contributed by atoms with van der Waals surface area (Å²) in [5.74, 6) is -0.279. The number of thiazole rings is 1. The van der Waals surface area contributed by atoms with Crippen LogP contribution in [0.1, 0.15) is 41.4 Å². The largest absolute Gasteiger partial charge is 0.393 e. The molecule has 0 radical (unpaired) electrons. The molecule has 1 aliphatic heterocycles. The number of hydrogen-bond acceptors (Lipinski definition) is 5. The predicted octanol–water partition coefficient (Wildman–Crippen LogP) is 1.44. The van der Waals surface area contributed by atoms with E-state index in [2.05, 4.69) is 4.98 Å². The average Bonchev–Trinajstić information content (AvgIpc) is 3.04. The van der Waals surface area contributed by atoms with Gasteiger partial charge in [0, 0.05) is 29.9 Å². The Balaban J connectivity index is 1.95. The second kappa shape index (κ2) is 5.81. The topological polar surface area (TPSA) is 74.9 Å². The predicted molar refractivity (Wildman–Crippen MR) is 84.4 cm³/mol. The number of aromatic nitrogens is 2. The number of amides is 1. The number of carbonyl (C=O) groups is 1. The molecule has 0 aliphatic carbocycles. The van der Waals surface area contributed by atoms with Crippen LogP contribution in [0.2, 0.25) is 0 Å². The third kappa shape index (κ3) is 2.66. The second-order valence-electron chi connectivity index (χ2n) is 5.85. The van der Waals surface area contributed by atoms with Crippen molar-refractivity contribution >= 4 is 22.2 Å². The summed E-state index contributed by atoms with van der Waals surface area (Å²) in [5.41, 5.74) is -0.213. The van der Waals surface area contributed by atoms with Crippen molar-refractivity contribution in [1.82, 2.24) is 14.3 Å². The molecule has 1 N–H and O–H groups in total. The first-order valence-corrected chi connectivity index (χ1v) is 8.26. The van der Waals surface area contributed by atoms with Crippen LogP contribution in [-0.2, 0) is 0 Å². The molecule has 1 saturated heterocycles. The molecular weight excluding hydrogens is 302 g/mol. The summed E-state index contributed by atoms with van der Waals surface area (Å²) in [7, 11) is 0. The Hall–Kier alpha value is -1.73. The minimum absolute atomic E-state index is 0.00296. The van der Waals surface area contributed by atoms with E-state index in [0.29, 0.717) is 17.9 Å². The summed E-state index contributed by atoms with van der Waals surface area (Å²) in [6, 6.07) is -0.00296. The monoisotopic (exact) mass is 321 g/mol. The molecule has 0 saturated carbocycles. The van der Waals surface area contributed by atoms with Crippen LogP contribution < -0.4 is 5.56 Å². The van der Waals surface area contributed by atoms with Gasteiger partial charge in [0.2, 0.25) is 0 Å². The van der Waals surface area contributed by atoms with E-state index in [0.717, 1.165) is 17.7 Å². The standard InChI is InChI=1S/C15H19N3O3S/c1-9(19)6-11-4-3-5-17(11)13(20)12-7-16-15-18(14(12)21)8-10(2)22-15/h7-9,11,19H,3-6H2,1-2H3. The molecule has 1 fully saturated rings. The van der Waals surface area contributed by atoms with Gasteiger partial charge in [0.25, 0.3) is 11.5 Å². The Morgan fingerprint density at radius 2 is 2.36 bits per heavy atom. The number of aryl methyl sites for hydroxylation is 1. The lowest BCUT2D eigenvalue weighted by Crippen LogP contribution is -2.40. The summed E-state index contributed by atoms with van der Waals surface area (Å²) < 4.78 is 1.44. The van der Waals surface area contributed by atoms with Crippen molar-refractivity contribution in [2.75, 3.05) is 6.54 Å². The molecule has 118 valence electrons. The highest BCUT2D eigenvalue weighted by molar-refractivity contribution is 7.16. The molecule has 6 nitrogen and oxygen atoms in total. The maximum absolute atomic E-state index is 12.7. The lowest BCUT2D eigenvalue weighted by atomic mass is 10.1. The molecular formula is C15H19N3O3S. The van der Waals surface area contributed by atoms with Gasteiger partial charge in [0.1, 0.15) is 5.56 Å². The van der Waals surface area contributed by atoms with Crippen molar-refractivity contribution in [3.8, 4) is 0 Å². The number of carbonyl (C=O) groups excluding carboxylic acids is 1. The third-order valence-corrected chi connectivity index (χ3v) is 4.92. The van der Waals surface area contributed by atoms with Gasteiger partial charge in [0.05, 0.1) is 6.10 Å². The van der Waals surface area contributed by atoms with E-state index in [9.17, 15) is 14.7 Å². The molecule has 2 aromatic heterocycles. The van der Waals surface area contributed by atoms with E-state index in [1.165, 1.54) is 21.9 Å². The number of aliphatic hydroxyl groups is 1. The molecule has 7 heteroatoms. The average molecular weight is 321 g/mol. The van der Waals surface area contributed by atoms with Gasteiger partial charge < -0.3 is 10.0 Å². The molecule has 22 heavy (non-hydrogen) atoms. The number of aliphatic hydroxyl groups excluding tert-OH is 1. The van der Waals surface area contributed by atoms with E-state index in [1.807, 2.05) is 6.92 Å². The van der Waals surface area contributed by atoms with E-state index in [4.69, 9.17) is 0 Å². The van der Waals surface area contributed by atoms with Gasteiger partial charge in [-0.2, -0.15) is 0 Å². The molecule has 2 atom stereocenters. The van der Waals surface area contributed by atoms with Crippen molar-refractivity contribution in [2.45, 2.75) is 45.3 Å². The Kier molecular flexibility index (Phi) is 4.01. The number of hydrogen-bond donors (Lipinski definition) is 1. The number of nitrogens with zero attached hydrogens (tertiary/aromatic N) is 3. The maximum Gasteiger partial charge on any atom is 0.271 e. The Labute approximate surface area is 132 Å². The number of fused-ring (bicyclic) bond motifs is 1. The molecule has 3 rings (SSSR count). The molecule has 3 heterocycles. The van der Waals surface area contributed by atoms with Gasteiger partial charge in [-0.3, -0.25) is 14.0 Å². The van der Waals surface area contributed by atoms with Gasteiger partial charge >= 0.3 is 0 Å². The fraction of sp³-hybridized carbons (Fsp3) is 0.533. The fourth-order valence-electron chi connectivity index (χ4n) is 3.04. The SMILES string of the molecule is Cc1cn2c(=O)c(C(=O)N3CCCC3CC(C)O)cnc2s1. The van der Waals surface area contributed by atoms with Crippen LogP contribution in [0.4, 0.5) is 0 Å². The van der Waals surface area contributed by atoms with Crippen molar-refractivity contribution in [1.29, 1.82) is 0 Å². The zero-order valence-corrected chi connectivity index (χ0v) is 13.5. The molecule has 2 aromatic rings. The van der Waals surface area contributed by atoms with E-state index >= 15 is 0 Å². The number of likely N-dealkylation sites (tertiary alicyclic amines) is 1. The number of rotatable bonds is 3. The lowest BCUT2D eigenvalue weighted by Gasteiger charge is -2.25. The van der Waals surface area contributed by atoms with Crippen LogP contribution in [0.3, 0.4) is 0 Å². The first kappa shape index (κ1) is 15.2. The quantitative estimate of drug-likeness (QED) is 0.928. The van der Waals surface area contributed by atoms with Crippen LogP contribution in [-0.4, -0.2) is 44.0 Å². The highest BCUT2D eigenvalue weighted by atomic mass is 32.1. The van der Waals surface area contributed by atoms with Crippen LogP contribution in [0.5, 0.6) is 0 Å². The summed E-state index contributed by atoms with van der Waals surface area (Å²) in [6.07, 6.45) is 4.94. The lowest BCUT2D eigenvalue weighted by molar-refractivity contribution is 0.0679. The van der Waals surface area contributed by atoms with E-state index in [1.54, 1.807) is 18.0 Å². The summed E-state index contributed by atoms with van der Waals surface area (Å²) in [6.45, 7) is 4.25. The Morgan fingerprint density at radius 1 is 1.59 bits per heavy atom. The maximum atomic E-state index is 12.7. The normalized spacial score (nSPS) is 19.8. The van der Waals surface area contributed by atoms with Crippen molar-refractivity contribution in [2.24, 2.45) is 0 Å². The molecule has 0 bridgehead atoms. The second-order valence-corrected chi connectivity index (χ2v) is 7.06. The van der Waals surface area contributed by atoms with Gasteiger partial charge in [-0.05, 0) is 33.1 Å². The summed E-state index contributed by atoms with van der Waals surface area (Å²) in [5, 5.41) is 9.57.